The van der Waals surface area contributed by atoms with Gasteiger partial charge in [-0.1, -0.05) is 6.92 Å². The van der Waals surface area contributed by atoms with Crippen molar-refractivity contribution in [2.75, 3.05) is 13.2 Å². The Morgan fingerprint density at radius 1 is 1.55 bits per heavy atom. The topological polar surface area (TPSA) is 46.5 Å². The van der Waals surface area contributed by atoms with Gasteiger partial charge in [0.25, 0.3) is 0 Å². The van der Waals surface area contributed by atoms with Gasteiger partial charge < -0.3 is 9.84 Å². The Labute approximate surface area is 67.4 Å². The third kappa shape index (κ3) is 2.50. The van der Waals surface area contributed by atoms with Crippen molar-refractivity contribution < 1.29 is 14.6 Å². The van der Waals surface area contributed by atoms with E-state index in [0.29, 0.717) is 13.0 Å². The van der Waals surface area contributed by atoms with E-state index in [9.17, 15) is 4.79 Å². The van der Waals surface area contributed by atoms with Gasteiger partial charge in [-0.3, -0.25) is 4.79 Å². The molecule has 0 radical (unpaired) electrons. The van der Waals surface area contributed by atoms with Crippen LogP contribution in [0.25, 0.3) is 0 Å². The Balaban J connectivity index is 4.12. The lowest BCUT2D eigenvalue weighted by atomic mass is 9.89. The third-order valence-corrected chi connectivity index (χ3v) is 1.90. The zero-order valence-electron chi connectivity index (χ0n) is 7.39. The van der Waals surface area contributed by atoms with Crippen molar-refractivity contribution in [3.8, 4) is 0 Å². The SMILES string of the molecule is CCOC(=O)[C@](C)(CC)CO. The second kappa shape index (κ2) is 4.34. The van der Waals surface area contributed by atoms with Crippen molar-refractivity contribution in [1.82, 2.24) is 0 Å². The molecule has 1 N–H and O–H groups in total. The van der Waals surface area contributed by atoms with Crippen LogP contribution in [0.3, 0.4) is 0 Å². The molecular formula is C8H16O3. The molecule has 0 aliphatic carbocycles. The van der Waals surface area contributed by atoms with Crippen LogP contribution in [0.2, 0.25) is 0 Å². The van der Waals surface area contributed by atoms with E-state index in [2.05, 4.69) is 0 Å². The molecule has 0 aromatic rings. The van der Waals surface area contributed by atoms with Crippen LogP contribution >= 0.6 is 0 Å². The predicted molar refractivity (Wildman–Crippen MR) is 42.1 cm³/mol. The van der Waals surface area contributed by atoms with Gasteiger partial charge in [0.2, 0.25) is 0 Å². The smallest absolute Gasteiger partial charge is 0.314 e. The number of hydrogen-bond donors (Lipinski definition) is 1. The van der Waals surface area contributed by atoms with E-state index in [1.165, 1.54) is 0 Å². The summed E-state index contributed by atoms with van der Waals surface area (Å²) in [6.07, 6.45) is 0.600. The van der Waals surface area contributed by atoms with Gasteiger partial charge in [-0.15, -0.1) is 0 Å². The molecule has 0 fully saturated rings. The molecule has 66 valence electrons. The first-order valence-corrected chi connectivity index (χ1v) is 3.88. The number of carbonyl (C=O) groups is 1. The Morgan fingerprint density at radius 2 is 2.09 bits per heavy atom. The lowest BCUT2D eigenvalue weighted by Crippen LogP contribution is -2.32. The van der Waals surface area contributed by atoms with Gasteiger partial charge >= 0.3 is 5.97 Å². The molecule has 0 unspecified atom stereocenters. The van der Waals surface area contributed by atoms with Gasteiger partial charge in [0, 0.05) is 0 Å². The quantitative estimate of drug-likeness (QED) is 0.623. The number of hydrogen-bond acceptors (Lipinski definition) is 3. The van der Waals surface area contributed by atoms with Crippen molar-refractivity contribution in [2.24, 2.45) is 5.41 Å². The monoisotopic (exact) mass is 160 g/mol. The first-order valence-electron chi connectivity index (χ1n) is 3.88. The molecule has 0 aliphatic rings. The minimum atomic E-state index is -0.712. The number of aliphatic hydroxyl groups is 1. The molecule has 0 heterocycles. The Hall–Kier alpha value is -0.570. The lowest BCUT2D eigenvalue weighted by Gasteiger charge is -2.22. The zero-order valence-corrected chi connectivity index (χ0v) is 7.39. The molecular weight excluding hydrogens is 144 g/mol. The van der Waals surface area contributed by atoms with Gasteiger partial charge in [0.1, 0.15) is 0 Å². The Morgan fingerprint density at radius 3 is 2.36 bits per heavy atom. The van der Waals surface area contributed by atoms with Crippen LogP contribution in [0.15, 0.2) is 0 Å². The normalized spacial score (nSPS) is 15.6. The van der Waals surface area contributed by atoms with Crippen LogP contribution in [-0.4, -0.2) is 24.3 Å². The van der Waals surface area contributed by atoms with Crippen LogP contribution in [0.4, 0.5) is 0 Å². The highest BCUT2D eigenvalue weighted by atomic mass is 16.5. The fourth-order valence-electron chi connectivity index (χ4n) is 0.626. The summed E-state index contributed by atoms with van der Waals surface area (Å²) < 4.78 is 4.79. The molecule has 0 rings (SSSR count). The molecule has 11 heavy (non-hydrogen) atoms. The average Bonchev–Trinajstić information content (AvgIpc) is 2.03. The van der Waals surface area contributed by atoms with Crippen molar-refractivity contribution in [3.63, 3.8) is 0 Å². The maximum atomic E-state index is 11.1. The summed E-state index contributed by atoms with van der Waals surface area (Å²) in [4.78, 5) is 11.1. The number of esters is 1. The van der Waals surface area contributed by atoms with Gasteiger partial charge in [-0.05, 0) is 20.3 Å². The summed E-state index contributed by atoms with van der Waals surface area (Å²) in [5.74, 6) is -0.315. The highest BCUT2D eigenvalue weighted by molar-refractivity contribution is 5.76. The van der Waals surface area contributed by atoms with E-state index in [0.717, 1.165) is 0 Å². The summed E-state index contributed by atoms with van der Waals surface area (Å²) in [5, 5.41) is 8.88. The summed E-state index contributed by atoms with van der Waals surface area (Å²) in [6.45, 7) is 5.53. The molecule has 3 nitrogen and oxygen atoms in total. The van der Waals surface area contributed by atoms with E-state index in [4.69, 9.17) is 9.84 Å². The van der Waals surface area contributed by atoms with E-state index in [-0.39, 0.29) is 12.6 Å². The van der Waals surface area contributed by atoms with Gasteiger partial charge in [0.15, 0.2) is 0 Å². The Bertz CT molecular complexity index is 127. The first kappa shape index (κ1) is 10.4. The average molecular weight is 160 g/mol. The van der Waals surface area contributed by atoms with Crippen molar-refractivity contribution in [1.29, 1.82) is 0 Å². The van der Waals surface area contributed by atoms with Crippen LogP contribution in [0, 0.1) is 5.41 Å². The van der Waals surface area contributed by atoms with Gasteiger partial charge in [-0.2, -0.15) is 0 Å². The predicted octanol–water partition coefficient (Wildman–Crippen LogP) is 0.958. The third-order valence-electron chi connectivity index (χ3n) is 1.90. The summed E-state index contributed by atoms with van der Waals surface area (Å²) in [6, 6.07) is 0. The van der Waals surface area contributed by atoms with E-state index < -0.39 is 5.41 Å². The minimum absolute atomic E-state index is 0.150. The standard InChI is InChI=1S/C8H16O3/c1-4-8(3,6-9)7(10)11-5-2/h9H,4-6H2,1-3H3/t8-/m1/s1. The van der Waals surface area contributed by atoms with Gasteiger partial charge in [0.05, 0.1) is 18.6 Å². The molecule has 1 atom stereocenters. The highest BCUT2D eigenvalue weighted by Crippen LogP contribution is 2.21. The van der Waals surface area contributed by atoms with Crippen LogP contribution in [0.5, 0.6) is 0 Å². The molecule has 0 amide bonds. The maximum absolute atomic E-state index is 11.1. The molecule has 0 saturated carbocycles. The molecule has 0 aromatic heterocycles. The second-order valence-electron chi connectivity index (χ2n) is 2.79. The zero-order chi connectivity index (χ0) is 8.91. The largest absolute Gasteiger partial charge is 0.466 e. The van der Waals surface area contributed by atoms with Crippen molar-refractivity contribution in [3.05, 3.63) is 0 Å². The van der Waals surface area contributed by atoms with Crippen LogP contribution < -0.4 is 0 Å². The van der Waals surface area contributed by atoms with E-state index in [1.54, 1.807) is 13.8 Å². The lowest BCUT2D eigenvalue weighted by molar-refractivity contribution is -0.157. The molecule has 0 bridgehead atoms. The minimum Gasteiger partial charge on any atom is -0.466 e. The Kier molecular flexibility index (Phi) is 4.11. The van der Waals surface area contributed by atoms with Crippen molar-refractivity contribution >= 4 is 5.97 Å². The number of aliphatic hydroxyl groups excluding tert-OH is 1. The maximum Gasteiger partial charge on any atom is 0.314 e. The van der Waals surface area contributed by atoms with Crippen LogP contribution in [-0.2, 0) is 9.53 Å². The number of rotatable bonds is 4. The summed E-state index contributed by atoms with van der Waals surface area (Å²) in [5.41, 5.74) is -0.712. The molecule has 3 heteroatoms. The summed E-state index contributed by atoms with van der Waals surface area (Å²) in [7, 11) is 0. The van der Waals surface area contributed by atoms with E-state index >= 15 is 0 Å². The molecule has 0 aromatic carbocycles. The second-order valence-corrected chi connectivity index (χ2v) is 2.79. The summed E-state index contributed by atoms with van der Waals surface area (Å²) >= 11 is 0. The molecule has 0 aliphatic heterocycles. The van der Waals surface area contributed by atoms with E-state index in [1.807, 2.05) is 6.92 Å². The van der Waals surface area contributed by atoms with Crippen LogP contribution in [0.1, 0.15) is 27.2 Å². The highest BCUT2D eigenvalue weighted by Gasteiger charge is 2.31. The fourth-order valence-corrected chi connectivity index (χ4v) is 0.626. The first-order chi connectivity index (χ1) is 5.10. The molecule has 0 spiro atoms. The van der Waals surface area contributed by atoms with Crippen molar-refractivity contribution in [2.45, 2.75) is 27.2 Å². The van der Waals surface area contributed by atoms with Gasteiger partial charge in [-0.25, -0.2) is 0 Å². The molecule has 0 saturated heterocycles. The number of carbonyl (C=O) groups excluding carboxylic acids is 1. The number of ether oxygens (including phenoxy) is 1. The fraction of sp³-hybridized carbons (Fsp3) is 0.875.